The van der Waals surface area contributed by atoms with Gasteiger partial charge in [-0.3, -0.25) is 4.79 Å². The van der Waals surface area contributed by atoms with Gasteiger partial charge in [0, 0.05) is 5.92 Å². The lowest BCUT2D eigenvalue weighted by molar-refractivity contribution is -0.124. The first-order valence-electron chi connectivity index (χ1n) is 6.03. The number of carbonyl (C=O) groups is 1. The van der Waals surface area contributed by atoms with Gasteiger partial charge in [0.1, 0.15) is 12.4 Å². The van der Waals surface area contributed by atoms with E-state index in [9.17, 15) is 4.79 Å². The quantitative estimate of drug-likeness (QED) is 0.673. The Bertz CT molecular complexity index is 382. The van der Waals surface area contributed by atoms with Crippen molar-refractivity contribution in [3.05, 3.63) is 42.5 Å². The topological polar surface area (TPSA) is 26.3 Å². The highest BCUT2D eigenvalue weighted by molar-refractivity contribution is 5.82. The molecular weight excluding hydrogens is 212 g/mol. The maximum Gasteiger partial charge on any atom is 0.172 e. The highest BCUT2D eigenvalue weighted by atomic mass is 16.5. The van der Waals surface area contributed by atoms with Gasteiger partial charge in [-0.15, -0.1) is 6.58 Å². The number of benzene rings is 1. The third-order valence-electron chi connectivity index (χ3n) is 2.87. The molecule has 0 fully saturated rings. The Morgan fingerprint density at radius 2 is 2.18 bits per heavy atom. The summed E-state index contributed by atoms with van der Waals surface area (Å²) in [5.41, 5.74) is 1.07. The van der Waals surface area contributed by atoms with E-state index >= 15 is 0 Å². The van der Waals surface area contributed by atoms with Crippen molar-refractivity contribution in [1.82, 2.24) is 0 Å². The lowest BCUT2D eigenvalue weighted by atomic mass is 10.0. The molecule has 92 valence electrons. The summed E-state index contributed by atoms with van der Waals surface area (Å²) >= 11 is 0. The maximum absolute atomic E-state index is 11.7. The Morgan fingerprint density at radius 3 is 2.82 bits per heavy atom. The highest BCUT2D eigenvalue weighted by Gasteiger charge is 2.11. The number of rotatable bonds is 7. The summed E-state index contributed by atoms with van der Waals surface area (Å²) in [6, 6.07) is 7.76. The molecule has 0 saturated carbocycles. The Kier molecular flexibility index (Phi) is 5.47. The van der Waals surface area contributed by atoms with Crippen LogP contribution in [0.4, 0.5) is 0 Å². The summed E-state index contributed by atoms with van der Waals surface area (Å²) in [7, 11) is 0. The van der Waals surface area contributed by atoms with Gasteiger partial charge in [0.05, 0.1) is 0 Å². The molecule has 0 aromatic heterocycles. The number of allylic oxidation sites excluding steroid dienone is 1. The van der Waals surface area contributed by atoms with E-state index in [4.69, 9.17) is 4.74 Å². The summed E-state index contributed by atoms with van der Waals surface area (Å²) in [4.78, 5) is 11.7. The van der Waals surface area contributed by atoms with Crippen LogP contribution in [0.1, 0.15) is 25.8 Å². The molecule has 1 atom stereocenters. The average Bonchev–Trinajstić information content (AvgIpc) is 2.36. The fourth-order valence-corrected chi connectivity index (χ4v) is 1.49. The minimum Gasteiger partial charge on any atom is -0.486 e. The van der Waals surface area contributed by atoms with Gasteiger partial charge < -0.3 is 4.74 Å². The largest absolute Gasteiger partial charge is 0.486 e. The van der Waals surface area contributed by atoms with Crippen LogP contribution in [0.3, 0.4) is 0 Å². The number of ether oxygens (including phenoxy) is 1. The third-order valence-corrected chi connectivity index (χ3v) is 2.87. The van der Waals surface area contributed by atoms with Gasteiger partial charge in [0.2, 0.25) is 0 Å². The number of para-hydroxylation sites is 1. The lowest BCUT2D eigenvalue weighted by Gasteiger charge is -2.12. The lowest BCUT2D eigenvalue weighted by Crippen LogP contribution is -2.19. The van der Waals surface area contributed by atoms with Crippen molar-refractivity contribution in [3.63, 3.8) is 0 Å². The second kappa shape index (κ2) is 6.89. The van der Waals surface area contributed by atoms with Crippen molar-refractivity contribution in [2.24, 2.45) is 5.92 Å². The average molecular weight is 232 g/mol. The van der Waals surface area contributed by atoms with E-state index in [-0.39, 0.29) is 18.3 Å². The summed E-state index contributed by atoms with van der Waals surface area (Å²) in [5.74, 6) is 1.01. The second-order valence-corrected chi connectivity index (χ2v) is 4.16. The van der Waals surface area contributed by atoms with Crippen molar-refractivity contribution in [3.8, 4) is 5.75 Å². The molecular formula is C15H20O2. The first-order chi connectivity index (χ1) is 8.19. The van der Waals surface area contributed by atoms with Crippen LogP contribution in [0, 0.1) is 5.92 Å². The van der Waals surface area contributed by atoms with Crippen LogP contribution >= 0.6 is 0 Å². The third kappa shape index (κ3) is 4.06. The Hall–Kier alpha value is -1.57. The van der Waals surface area contributed by atoms with Crippen molar-refractivity contribution in [2.75, 3.05) is 6.61 Å². The minimum atomic E-state index is 0.0709. The molecule has 1 aromatic carbocycles. The van der Waals surface area contributed by atoms with E-state index in [2.05, 4.69) is 6.58 Å². The number of carbonyl (C=O) groups excluding carboxylic acids is 1. The van der Waals surface area contributed by atoms with E-state index in [1.54, 1.807) is 0 Å². The zero-order valence-electron chi connectivity index (χ0n) is 10.6. The number of hydrogen-bond donors (Lipinski definition) is 0. The fourth-order valence-electron chi connectivity index (χ4n) is 1.49. The summed E-state index contributed by atoms with van der Waals surface area (Å²) in [6.45, 7) is 7.81. The predicted octanol–water partition coefficient (Wildman–Crippen LogP) is 3.41. The molecule has 0 N–H and O–H groups in total. The van der Waals surface area contributed by atoms with Crippen molar-refractivity contribution in [2.45, 2.75) is 26.7 Å². The van der Waals surface area contributed by atoms with E-state index in [0.717, 1.165) is 24.2 Å². The molecule has 1 rings (SSSR count). The van der Waals surface area contributed by atoms with Crippen LogP contribution in [0.2, 0.25) is 0 Å². The molecule has 0 saturated heterocycles. The van der Waals surface area contributed by atoms with Crippen LogP contribution < -0.4 is 4.74 Å². The molecule has 1 unspecified atom stereocenters. The number of Topliss-reactive ketones (excluding diaryl/α,β-unsaturated/α-hetero) is 1. The molecule has 1 aromatic rings. The maximum atomic E-state index is 11.7. The summed E-state index contributed by atoms with van der Waals surface area (Å²) in [5, 5.41) is 0. The van der Waals surface area contributed by atoms with Crippen LogP contribution in [0.25, 0.3) is 0 Å². The molecule has 0 amide bonds. The van der Waals surface area contributed by atoms with Crippen LogP contribution in [-0.2, 0) is 11.2 Å². The molecule has 0 bridgehead atoms. The smallest absolute Gasteiger partial charge is 0.172 e. The summed E-state index contributed by atoms with van der Waals surface area (Å²) < 4.78 is 5.58. The first-order valence-corrected chi connectivity index (χ1v) is 6.03. The van der Waals surface area contributed by atoms with Gasteiger partial charge in [-0.25, -0.2) is 0 Å². The van der Waals surface area contributed by atoms with E-state index in [1.165, 1.54) is 0 Å². The summed E-state index contributed by atoms with van der Waals surface area (Å²) in [6.07, 6.45) is 3.45. The molecule has 2 heteroatoms. The monoisotopic (exact) mass is 232 g/mol. The van der Waals surface area contributed by atoms with Crippen molar-refractivity contribution < 1.29 is 9.53 Å². The molecule has 17 heavy (non-hydrogen) atoms. The van der Waals surface area contributed by atoms with Gasteiger partial charge in [-0.2, -0.15) is 0 Å². The van der Waals surface area contributed by atoms with Gasteiger partial charge >= 0.3 is 0 Å². The Labute approximate surface area is 103 Å². The molecule has 0 aliphatic heterocycles. The van der Waals surface area contributed by atoms with E-state index in [1.807, 2.05) is 44.2 Å². The van der Waals surface area contributed by atoms with Crippen molar-refractivity contribution in [1.29, 1.82) is 0 Å². The Morgan fingerprint density at radius 1 is 1.47 bits per heavy atom. The van der Waals surface area contributed by atoms with Crippen LogP contribution in [0.15, 0.2) is 36.9 Å². The first kappa shape index (κ1) is 13.5. The molecule has 0 aliphatic rings. The Balaban J connectivity index is 2.62. The zero-order chi connectivity index (χ0) is 12.7. The fraction of sp³-hybridized carbons (Fsp3) is 0.400. The van der Waals surface area contributed by atoms with Gasteiger partial charge in [-0.05, 0) is 24.5 Å². The van der Waals surface area contributed by atoms with E-state index < -0.39 is 0 Å². The van der Waals surface area contributed by atoms with Crippen LogP contribution in [0.5, 0.6) is 5.75 Å². The molecule has 0 radical (unpaired) electrons. The normalized spacial score (nSPS) is 11.9. The van der Waals surface area contributed by atoms with Crippen molar-refractivity contribution >= 4 is 5.78 Å². The number of ketones is 1. The van der Waals surface area contributed by atoms with Gasteiger partial charge in [-0.1, -0.05) is 38.1 Å². The molecule has 0 heterocycles. The SMILES string of the molecule is C=CCc1ccccc1OCC(=O)C(C)CC. The van der Waals surface area contributed by atoms with E-state index in [0.29, 0.717) is 0 Å². The molecule has 0 spiro atoms. The molecule has 2 nitrogen and oxygen atoms in total. The molecule has 0 aliphatic carbocycles. The minimum absolute atomic E-state index is 0.0709. The standard InChI is InChI=1S/C15H20O2/c1-4-8-13-9-6-7-10-15(13)17-11-14(16)12(3)5-2/h4,6-7,9-10,12H,1,5,8,11H2,2-3H3. The zero-order valence-corrected chi connectivity index (χ0v) is 10.6. The van der Waals surface area contributed by atoms with Crippen LogP contribution in [-0.4, -0.2) is 12.4 Å². The number of hydrogen-bond acceptors (Lipinski definition) is 2. The van der Waals surface area contributed by atoms with Gasteiger partial charge in [0.25, 0.3) is 0 Å². The highest BCUT2D eigenvalue weighted by Crippen LogP contribution is 2.19. The van der Waals surface area contributed by atoms with Gasteiger partial charge in [0.15, 0.2) is 5.78 Å². The predicted molar refractivity (Wildman–Crippen MR) is 70.3 cm³/mol. The second-order valence-electron chi connectivity index (χ2n) is 4.16.